The summed E-state index contributed by atoms with van der Waals surface area (Å²) in [5.74, 6) is -0.974. The molecule has 13 heavy (non-hydrogen) atoms. The lowest BCUT2D eigenvalue weighted by molar-refractivity contribution is -0.140. The van der Waals surface area contributed by atoms with Crippen LogP contribution in [0.3, 0.4) is 0 Å². The molecule has 1 heterocycles. The average Bonchev–Trinajstić information content (AvgIpc) is 2.53. The van der Waals surface area contributed by atoms with Crippen LogP contribution in [0.2, 0.25) is 0 Å². The number of thioether (sulfide) groups is 1. The zero-order valence-corrected chi connectivity index (χ0v) is 7.96. The largest absolute Gasteiger partial charge is 0.480 e. The number of aromatic nitrogens is 2. The van der Waals surface area contributed by atoms with E-state index in [1.54, 1.807) is 6.26 Å². The zero-order chi connectivity index (χ0) is 9.84. The van der Waals surface area contributed by atoms with Crippen molar-refractivity contribution in [1.29, 1.82) is 0 Å². The molecule has 1 unspecified atom stereocenters. The Morgan fingerprint density at radius 2 is 2.38 bits per heavy atom. The topological polar surface area (TPSA) is 88.2 Å². The van der Waals surface area contributed by atoms with Crippen molar-refractivity contribution in [1.82, 2.24) is 15.5 Å². The summed E-state index contributed by atoms with van der Waals surface area (Å²) < 4.78 is 5.04. The Labute approximate surface area is 78.7 Å². The summed E-state index contributed by atoms with van der Waals surface area (Å²) in [4.78, 5) is 10.6. The van der Waals surface area contributed by atoms with Gasteiger partial charge in [0.25, 0.3) is 5.22 Å². The molecule has 0 aromatic carbocycles. The standard InChI is InChI=1S/C6H9N3O3S/c1-7-3(5(10)11)4-8-9-6(12-4)13-2/h3,7H,1-2H3,(H,10,11). The summed E-state index contributed by atoms with van der Waals surface area (Å²) in [5.41, 5.74) is 0. The molecule has 0 saturated heterocycles. The molecule has 1 aromatic heterocycles. The number of aliphatic carboxylic acids is 1. The highest BCUT2D eigenvalue weighted by Crippen LogP contribution is 2.16. The summed E-state index contributed by atoms with van der Waals surface area (Å²) in [5, 5.41) is 18.8. The average molecular weight is 203 g/mol. The number of carboxylic acid groups (broad SMARTS) is 1. The van der Waals surface area contributed by atoms with E-state index in [1.165, 1.54) is 18.8 Å². The van der Waals surface area contributed by atoms with Gasteiger partial charge in [0.1, 0.15) is 0 Å². The molecule has 0 aliphatic rings. The van der Waals surface area contributed by atoms with E-state index >= 15 is 0 Å². The molecule has 6 nitrogen and oxygen atoms in total. The smallest absolute Gasteiger partial charge is 0.330 e. The minimum Gasteiger partial charge on any atom is -0.480 e. The normalized spacial score (nSPS) is 12.8. The van der Waals surface area contributed by atoms with Crippen molar-refractivity contribution in [3.63, 3.8) is 0 Å². The molecule has 0 aliphatic carbocycles. The van der Waals surface area contributed by atoms with Crippen LogP contribution in [0.4, 0.5) is 0 Å². The first-order valence-corrected chi connectivity index (χ1v) is 4.69. The van der Waals surface area contributed by atoms with Gasteiger partial charge in [0, 0.05) is 0 Å². The van der Waals surface area contributed by atoms with Crippen molar-refractivity contribution in [3.05, 3.63) is 5.89 Å². The summed E-state index contributed by atoms with van der Waals surface area (Å²) in [6.45, 7) is 0. The van der Waals surface area contributed by atoms with Crippen molar-refractivity contribution < 1.29 is 14.3 Å². The summed E-state index contributed by atoms with van der Waals surface area (Å²) in [6, 6.07) is -0.937. The van der Waals surface area contributed by atoms with Gasteiger partial charge in [-0.05, 0) is 13.3 Å². The molecule has 72 valence electrons. The lowest BCUT2D eigenvalue weighted by Gasteiger charge is -2.04. The second-order valence-corrected chi connectivity index (χ2v) is 2.93. The molecule has 1 rings (SSSR count). The Hall–Kier alpha value is -1.08. The third-order valence-electron chi connectivity index (χ3n) is 1.38. The van der Waals surface area contributed by atoms with Crippen LogP contribution in [0.5, 0.6) is 0 Å². The maximum absolute atomic E-state index is 10.6. The monoisotopic (exact) mass is 203 g/mol. The quantitative estimate of drug-likeness (QED) is 0.672. The Morgan fingerprint density at radius 1 is 1.69 bits per heavy atom. The van der Waals surface area contributed by atoms with Gasteiger partial charge < -0.3 is 9.52 Å². The van der Waals surface area contributed by atoms with E-state index in [0.29, 0.717) is 5.22 Å². The molecule has 1 atom stereocenters. The number of carboxylic acids is 1. The number of nitrogens with zero attached hydrogens (tertiary/aromatic N) is 2. The molecule has 0 radical (unpaired) electrons. The lowest BCUT2D eigenvalue weighted by atomic mass is 10.3. The maximum atomic E-state index is 10.6. The second kappa shape index (κ2) is 4.24. The van der Waals surface area contributed by atoms with Gasteiger partial charge in [-0.3, -0.25) is 5.32 Å². The first-order valence-electron chi connectivity index (χ1n) is 3.46. The third kappa shape index (κ3) is 2.19. The van der Waals surface area contributed by atoms with Gasteiger partial charge in [0.2, 0.25) is 5.89 Å². The van der Waals surface area contributed by atoms with Gasteiger partial charge in [0.15, 0.2) is 6.04 Å². The second-order valence-electron chi connectivity index (χ2n) is 2.17. The van der Waals surface area contributed by atoms with Crippen molar-refractivity contribution in [2.75, 3.05) is 13.3 Å². The number of hydrogen-bond acceptors (Lipinski definition) is 6. The van der Waals surface area contributed by atoms with Crippen molar-refractivity contribution in [2.45, 2.75) is 11.3 Å². The number of hydrogen-bond donors (Lipinski definition) is 2. The fraction of sp³-hybridized carbons (Fsp3) is 0.500. The molecule has 0 spiro atoms. The molecular formula is C6H9N3O3S. The third-order valence-corrected chi connectivity index (χ3v) is 1.89. The Balaban J connectivity index is 2.85. The zero-order valence-electron chi connectivity index (χ0n) is 7.14. The highest BCUT2D eigenvalue weighted by atomic mass is 32.2. The van der Waals surface area contributed by atoms with Gasteiger partial charge in [-0.1, -0.05) is 11.8 Å². The van der Waals surface area contributed by atoms with Crippen LogP contribution in [0, 0.1) is 0 Å². The number of rotatable bonds is 4. The Morgan fingerprint density at radius 3 is 2.77 bits per heavy atom. The molecule has 0 bridgehead atoms. The highest BCUT2D eigenvalue weighted by molar-refractivity contribution is 7.98. The van der Waals surface area contributed by atoms with Crippen molar-refractivity contribution in [3.8, 4) is 0 Å². The highest BCUT2D eigenvalue weighted by Gasteiger charge is 2.23. The van der Waals surface area contributed by atoms with Crippen LogP contribution in [0.25, 0.3) is 0 Å². The number of likely N-dealkylation sites (N-methyl/N-ethyl adjacent to an activating group) is 1. The van der Waals surface area contributed by atoms with Crippen LogP contribution in [-0.2, 0) is 4.79 Å². The number of carbonyl (C=O) groups is 1. The van der Waals surface area contributed by atoms with Crippen molar-refractivity contribution >= 4 is 17.7 Å². The van der Waals surface area contributed by atoms with Crippen LogP contribution >= 0.6 is 11.8 Å². The van der Waals surface area contributed by atoms with E-state index in [2.05, 4.69) is 15.5 Å². The Bertz CT molecular complexity index is 301. The van der Waals surface area contributed by atoms with E-state index in [9.17, 15) is 4.79 Å². The molecule has 0 fully saturated rings. The molecular weight excluding hydrogens is 194 g/mol. The van der Waals surface area contributed by atoms with E-state index in [-0.39, 0.29) is 5.89 Å². The van der Waals surface area contributed by atoms with Crippen LogP contribution < -0.4 is 5.32 Å². The molecule has 0 amide bonds. The molecule has 2 N–H and O–H groups in total. The molecule has 0 aliphatic heterocycles. The van der Waals surface area contributed by atoms with Gasteiger partial charge in [-0.15, -0.1) is 10.2 Å². The molecule has 1 aromatic rings. The Kier molecular flexibility index (Phi) is 3.26. The lowest BCUT2D eigenvalue weighted by Crippen LogP contribution is -2.25. The summed E-state index contributed by atoms with van der Waals surface area (Å²) in [6.07, 6.45) is 1.77. The predicted molar refractivity (Wildman–Crippen MR) is 45.5 cm³/mol. The van der Waals surface area contributed by atoms with E-state index in [1.807, 2.05) is 0 Å². The first-order chi connectivity index (χ1) is 6.19. The van der Waals surface area contributed by atoms with Crippen LogP contribution in [-0.4, -0.2) is 34.6 Å². The molecule has 0 saturated carbocycles. The van der Waals surface area contributed by atoms with Gasteiger partial charge >= 0.3 is 5.97 Å². The van der Waals surface area contributed by atoms with E-state index in [4.69, 9.17) is 9.52 Å². The predicted octanol–water partition coefficient (Wildman–Crippen LogP) is 0.137. The van der Waals surface area contributed by atoms with E-state index in [0.717, 1.165) is 0 Å². The van der Waals surface area contributed by atoms with Crippen molar-refractivity contribution in [2.24, 2.45) is 0 Å². The maximum Gasteiger partial charge on any atom is 0.330 e. The van der Waals surface area contributed by atoms with Crippen LogP contribution in [0.1, 0.15) is 11.9 Å². The SMILES string of the molecule is CNC(C(=O)O)c1nnc(SC)o1. The minimum absolute atomic E-state index is 0.0688. The first kappa shape index (κ1) is 10.0. The van der Waals surface area contributed by atoms with Crippen LogP contribution in [0.15, 0.2) is 9.64 Å². The van der Waals surface area contributed by atoms with Gasteiger partial charge in [-0.25, -0.2) is 4.79 Å². The van der Waals surface area contributed by atoms with Gasteiger partial charge in [-0.2, -0.15) is 0 Å². The van der Waals surface area contributed by atoms with Gasteiger partial charge in [0.05, 0.1) is 0 Å². The fourth-order valence-electron chi connectivity index (χ4n) is 0.772. The van der Waals surface area contributed by atoms with E-state index < -0.39 is 12.0 Å². The molecule has 7 heteroatoms. The minimum atomic E-state index is -1.04. The fourth-order valence-corrected chi connectivity index (χ4v) is 1.06. The summed E-state index contributed by atoms with van der Waals surface area (Å²) >= 11 is 1.27. The number of nitrogens with one attached hydrogen (secondary N) is 1. The summed E-state index contributed by atoms with van der Waals surface area (Å²) in [7, 11) is 1.52.